The molecule has 1 aromatic carbocycles. The number of nitrogens with one attached hydrogen (secondary N) is 1. The molecule has 1 N–H and O–H groups in total. The van der Waals surface area contributed by atoms with E-state index >= 15 is 0 Å². The van der Waals surface area contributed by atoms with Crippen molar-refractivity contribution in [1.82, 2.24) is 15.3 Å². The molecule has 3 aromatic rings. The van der Waals surface area contributed by atoms with Crippen LogP contribution in [0.4, 0.5) is 20.3 Å². The lowest BCUT2D eigenvalue weighted by Crippen LogP contribution is -2.29. The first kappa shape index (κ1) is 19.0. The Balaban J connectivity index is 1.54. The van der Waals surface area contributed by atoms with E-state index in [-0.39, 0.29) is 17.8 Å². The molecule has 3 heterocycles. The molecule has 0 bridgehead atoms. The Bertz CT molecular complexity index is 1040. The third-order valence-corrected chi connectivity index (χ3v) is 4.93. The SMILES string of the molecule is CC(NC(=O)c1ccc(F)cc1)c1ccc2c(n1)CCCN2c1cccc(F)n1. The molecule has 0 aliphatic carbocycles. The molecule has 0 spiro atoms. The van der Waals surface area contributed by atoms with Crippen molar-refractivity contribution >= 4 is 17.4 Å². The molecule has 7 heteroatoms. The van der Waals surface area contributed by atoms with Gasteiger partial charge in [0.05, 0.1) is 23.1 Å². The van der Waals surface area contributed by atoms with Crippen LogP contribution in [0.15, 0.2) is 54.6 Å². The minimum Gasteiger partial charge on any atom is -0.344 e. The second kappa shape index (κ2) is 7.95. The number of nitrogens with zero attached hydrogens (tertiary/aromatic N) is 3. The highest BCUT2D eigenvalue weighted by Gasteiger charge is 2.22. The standard InChI is InChI=1S/C22H20F2N4O/c1-14(25-22(29)15-7-9-16(23)10-8-15)17-11-12-19-18(26-17)4-3-13-28(19)21-6-2-5-20(24)27-21/h2,5-12,14H,3-4,13H2,1H3,(H,25,29). The highest BCUT2D eigenvalue weighted by atomic mass is 19.1. The summed E-state index contributed by atoms with van der Waals surface area (Å²) in [5, 5.41) is 2.89. The largest absolute Gasteiger partial charge is 0.344 e. The number of pyridine rings is 2. The van der Waals surface area contributed by atoms with Crippen molar-refractivity contribution in [3.05, 3.63) is 83.3 Å². The molecule has 0 radical (unpaired) electrons. The number of amides is 1. The number of aromatic nitrogens is 2. The fourth-order valence-electron chi connectivity index (χ4n) is 3.45. The first-order valence-electron chi connectivity index (χ1n) is 9.47. The topological polar surface area (TPSA) is 58.1 Å². The Kier molecular flexibility index (Phi) is 5.20. The van der Waals surface area contributed by atoms with Gasteiger partial charge in [-0.05, 0) is 68.3 Å². The van der Waals surface area contributed by atoms with Crippen LogP contribution in [0.25, 0.3) is 0 Å². The van der Waals surface area contributed by atoms with E-state index in [9.17, 15) is 13.6 Å². The Morgan fingerprint density at radius 1 is 1.07 bits per heavy atom. The van der Waals surface area contributed by atoms with Gasteiger partial charge in [0, 0.05) is 12.1 Å². The molecule has 1 atom stereocenters. The molecule has 148 valence electrons. The van der Waals surface area contributed by atoms with E-state index in [4.69, 9.17) is 4.98 Å². The summed E-state index contributed by atoms with van der Waals surface area (Å²) in [6.07, 6.45) is 1.67. The number of hydrogen-bond acceptors (Lipinski definition) is 4. The number of fused-ring (bicyclic) bond motifs is 1. The van der Waals surface area contributed by atoms with Crippen LogP contribution in [0, 0.1) is 11.8 Å². The summed E-state index contributed by atoms with van der Waals surface area (Å²) in [4.78, 5) is 23.1. The van der Waals surface area contributed by atoms with E-state index in [1.807, 2.05) is 24.0 Å². The van der Waals surface area contributed by atoms with Crippen LogP contribution >= 0.6 is 0 Å². The van der Waals surface area contributed by atoms with E-state index in [0.29, 0.717) is 11.4 Å². The lowest BCUT2D eigenvalue weighted by Gasteiger charge is -2.30. The molecule has 1 aliphatic rings. The summed E-state index contributed by atoms with van der Waals surface area (Å²) in [5.74, 6) is -0.639. The van der Waals surface area contributed by atoms with E-state index < -0.39 is 5.95 Å². The average molecular weight is 394 g/mol. The van der Waals surface area contributed by atoms with Crippen LogP contribution in [-0.4, -0.2) is 22.4 Å². The monoisotopic (exact) mass is 394 g/mol. The first-order chi connectivity index (χ1) is 14.0. The second-order valence-corrected chi connectivity index (χ2v) is 6.98. The lowest BCUT2D eigenvalue weighted by molar-refractivity contribution is 0.0939. The summed E-state index contributed by atoms with van der Waals surface area (Å²) >= 11 is 0. The summed E-state index contributed by atoms with van der Waals surface area (Å²) in [6, 6.07) is 13.6. The number of carbonyl (C=O) groups excluding carboxylic acids is 1. The van der Waals surface area contributed by atoms with Crippen molar-refractivity contribution in [3.8, 4) is 0 Å². The minimum absolute atomic E-state index is 0.289. The Hall–Kier alpha value is -3.35. The molecule has 4 rings (SSSR count). The third kappa shape index (κ3) is 4.08. The molecular weight excluding hydrogens is 374 g/mol. The molecule has 1 amide bonds. The van der Waals surface area contributed by atoms with Crippen molar-refractivity contribution in [3.63, 3.8) is 0 Å². The van der Waals surface area contributed by atoms with Crippen molar-refractivity contribution in [2.24, 2.45) is 0 Å². The van der Waals surface area contributed by atoms with Crippen LogP contribution in [0.2, 0.25) is 0 Å². The highest BCUT2D eigenvalue weighted by Crippen LogP contribution is 2.32. The van der Waals surface area contributed by atoms with Gasteiger partial charge >= 0.3 is 0 Å². The van der Waals surface area contributed by atoms with Crippen LogP contribution in [0.3, 0.4) is 0 Å². The Morgan fingerprint density at radius 3 is 2.62 bits per heavy atom. The van der Waals surface area contributed by atoms with E-state index in [0.717, 1.165) is 36.5 Å². The number of benzene rings is 1. The molecule has 0 saturated carbocycles. The van der Waals surface area contributed by atoms with Gasteiger partial charge < -0.3 is 10.2 Å². The van der Waals surface area contributed by atoms with Gasteiger partial charge in [0.15, 0.2) is 0 Å². The van der Waals surface area contributed by atoms with Crippen LogP contribution in [0.5, 0.6) is 0 Å². The van der Waals surface area contributed by atoms with E-state index in [1.54, 1.807) is 12.1 Å². The van der Waals surface area contributed by atoms with Gasteiger partial charge in [0.25, 0.3) is 5.91 Å². The summed E-state index contributed by atoms with van der Waals surface area (Å²) in [7, 11) is 0. The van der Waals surface area contributed by atoms with Crippen LogP contribution < -0.4 is 10.2 Å². The van der Waals surface area contributed by atoms with E-state index in [1.165, 1.54) is 30.3 Å². The summed E-state index contributed by atoms with van der Waals surface area (Å²) < 4.78 is 26.6. The Morgan fingerprint density at radius 2 is 1.86 bits per heavy atom. The molecular formula is C22H20F2N4O. The molecule has 5 nitrogen and oxygen atoms in total. The lowest BCUT2D eigenvalue weighted by atomic mass is 10.1. The normalized spacial score (nSPS) is 14.2. The fourth-order valence-corrected chi connectivity index (χ4v) is 3.45. The van der Waals surface area contributed by atoms with Crippen LogP contribution in [0.1, 0.15) is 41.1 Å². The van der Waals surface area contributed by atoms with Gasteiger partial charge in [-0.3, -0.25) is 9.78 Å². The van der Waals surface area contributed by atoms with Crippen LogP contribution in [-0.2, 0) is 6.42 Å². The molecule has 0 saturated heterocycles. The molecule has 29 heavy (non-hydrogen) atoms. The van der Waals surface area contributed by atoms with Gasteiger partial charge in [-0.25, -0.2) is 9.37 Å². The number of anilines is 2. The van der Waals surface area contributed by atoms with E-state index in [2.05, 4.69) is 10.3 Å². The quantitative estimate of drug-likeness (QED) is 0.669. The maximum absolute atomic E-state index is 13.5. The van der Waals surface area contributed by atoms with Gasteiger partial charge in [-0.1, -0.05) is 6.07 Å². The maximum Gasteiger partial charge on any atom is 0.251 e. The predicted molar refractivity (Wildman–Crippen MR) is 106 cm³/mol. The zero-order valence-electron chi connectivity index (χ0n) is 15.9. The van der Waals surface area contributed by atoms with Gasteiger partial charge in [-0.2, -0.15) is 4.39 Å². The maximum atomic E-state index is 13.5. The Labute approximate surface area is 167 Å². The number of carbonyl (C=O) groups is 1. The molecule has 2 aromatic heterocycles. The molecule has 1 unspecified atom stereocenters. The molecule has 1 aliphatic heterocycles. The fraction of sp³-hybridized carbons (Fsp3) is 0.227. The van der Waals surface area contributed by atoms with Gasteiger partial charge in [-0.15, -0.1) is 0 Å². The smallest absolute Gasteiger partial charge is 0.251 e. The number of rotatable bonds is 4. The third-order valence-electron chi connectivity index (χ3n) is 4.93. The average Bonchev–Trinajstić information content (AvgIpc) is 2.73. The highest BCUT2D eigenvalue weighted by molar-refractivity contribution is 5.94. The van der Waals surface area contributed by atoms with Gasteiger partial charge in [0.1, 0.15) is 11.6 Å². The zero-order chi connectivity index (χ0) is 20.4. The predicted octanol–water partition coefficient (Wildman–Crippen LogP) is 4.33. The van der Waals surface area contributed by atoms with Crippen molar-refractivity contribution in [2.45, 2.75) is 25.8 Å². The summed E-state index contributed by atoms with van der Waals surface area (Å²) in [5.41, 5.74) is 2.91. The van der Waals surface area contributed by atoms with Crippen molar-refractivity contribution < 1.29 is 13.6 Å². The van der Waals surface area contributed by atoms with Gasteiger partial charge in [0.2, 0.25) is 5.95 Å². The number of aryl methyl sites for hydroxylation is 1. The summed E-state index contributed by atoms with van der Waals surface area (Å²) in [6.45, 7) is 2.59. The zero-order valence-corrected chi connectivity index (χ0v) is 15.9. The van der Waals surface area contributed by atoms with Crippen molar-refractivity contribution in [1.29, 1.82) is 0 Å². The molecule has 0 fully saturated rings. The first-order valence-corrected chi connectivity index (χ1v) is 9.47. The van der Waals surface area contributed by atoms with Crippen molar-refractivity contribution in [2.75, 3.05) is 11.4 Å². The number of halogens is 2. The minimum atomic E-state index is -0.517. The second-order valence-electron chi connectivity index (χ2n) is 6.98. The number of hydrogen-bond donors (Lipinski definition) is 1.